The standard InChI is InChI=1S/C20H22FNO6/c1-13(28-16-7-5-15(21)6-8-16)20(24)27-12-19(23)22-11-14-4-9-17(25-2)18(10-14)26-3/h4-10,13H,11-12H2,1-3H3,(H,22,23)/t13-/m1/s1. The summed E-state index contributed by atoms with van der Waals surface area (Å²) in [4.78, 5) is 23.8. The fourth-order valence-corrected chi connectivity index (χ4v) is 2.26. The van der Waals surface area contributed by atoms with E-state index in [1.807, 2.05) is 0 Å². The molecule has 2 aromatic carbocycles. The van der Waals surface area contributed by atoms with Crippen molar-refractivity contribution in [3.8, 4) is 17.2 Å². The molecule has 1 N–H and O–H groups in total. The van der Waals surface area contributed by atoms with E-state index in [1.165, 1.54) is 45.4 Å². The SMILES string of the molecule is COc1ccc(CNC(=O)COC(=O)[C@@H](C)Oc2ccc(F)cc2)cc1OC. The van der Waals surface area contributed by atoms with E-state index in [0.29, 0.717) is 17.2 Å². The quantitative estimate of drug-likeness (QED) is 0.662. The fraction of sp³-hybridized carbons (Fsp3) is 0.300. The highest BCUT2D eigenvalue weighted by molar-refractivity contribution is 5.82. The van der Waals surface area contributed by atoms with Crippen molar-refractivity contribution >= 4 is 11.9 Å². The van der Waals surface area contributed by atoms with Gasteiger partial charge < -0.3 is 24.3 Å². The number of methoxy groups -OCH3 is 2. The molecule has 0 aliphatic rings. The molecular formula is C20H22FNO6. The van der Waals surface area contributed by atoms with Gasteiger partial charge in [0, 0.05) is 6.54 Å². The number of esters is 1. The zero-order valence-corrected chi connectivity index (χ0v) is 15.9. The molecule has 0 aliphatic carbocycles. The molecule has 0 aromatic heterocycles. The molecule has 1 amide bonds. The van der Waals surface area contributed by atoms with Gasteiger partial charge in [0.1, 0.15) is 11.6 Å². The molecule has 0 aliphatic heterocycles. The van der Waals surface area contributed by atoms with Crippen molar-refractivity contribution in [2.45, 2.75) is 19.6 Å². The lowest BCUT2D eigenvalue weighted by Crippen LogP contribution is -2.32. The summed E-state index contributed by atoms with van der Waals surface area (Å²) in [6, 6.07) is 10.5. The van der Waals surface area contributed by atoms with Crippen LogP contribution in [0, 0.1) is 5.82 Å². The summed E-state index contributed by atoms with van der Waals surface area (Å²) >= 11 is 0. The Hall–Kier alpha value is -3.29. The normalized spacial score (nSPS) is 11.3. The van der Waals surface area contributed by atoms with Crippen molar-refractivity contribution in [1.29, 1.82) is 0 Å². The van der Waals surface area contributed by atoms with Crippen LogP contribution >= 0.6 is 0 Å². The lowest BCUT2D eigenvalue weighted by atomic mass is 10.2. The van der Waals surface area contributed by atoms with E-state index in [9.17, 15) is 14.0 Å². The average molecular weight is 391 g/mol. The van der Waals surface area contributed by atoms with Gasteiger partial charge in [0.05, 0.1) is 14.2 Å². The zero-order chi connectivity index (χ0) is 20.5. The van der Waals surface area contributed by atoms with E-state index in [4.69, 9.17) is 18.9 Å². The first-order chi connectivity index (χ1) is 13.4. The molecule has 0 bridgehead atoms. The Kier molecular flexibility index (Phi) is 7.62. The number of amides is 1. The Morgan fingerprint density at radius 2 is 1.71 bits per heavy atom. The number of halogens is 1. The third-order valence-electron chi connectivity index (χ3n) is 3.74. The maximum atomic E-state index is 12.9. The van der Waals surface area contributed by atoms with Crippen LogP contribution in [0.25, 0.3) is 0 Å². The van der Waals surface area contributed by atoms with E-state index >= 15 is 0 Å². The van der Waals surface area contributed by atoms with Crippen molar-refractivity contribution in [3.63, 3.8) is 0 Å². The van der Waals surface area contributed by atoms with Crippen molar-refractivity contribution in [2.75, 3.05) is 20.8 Å². The summed E-state index contributed by atoms with van der Waals surface area (Å²) < 4.78 is 33.5. The van der Waals surface area contributed by atoms with E-state index in [-0.39, 0.29) is 6.54 Å². The van der Waals surface area contributed by atoms with Crippen LogP contribution in [0.4, 0.5) is 4.39 Å². The first-order valence-electron chi connectivity index (χ1n) is 8.49. The van der Waals surface area contributed by atoms with Gasteiger partial charge in [-0.15, -0.1) is 0 Å². The molecule has 8 heteroatoms. The number of hydrogen-bond acceptors (Lipinski definition) is 6. The number of benzene rings is 2. The van der Waals surface area contributed by atoms with Crippen LogP contribution in [0.2, 0.25) is 0 Å². The number of ether oxygens (including phenoxy) is 4. The van der Waals surface area contributed by atoms with Crippen LogP contribution in [0.5, 0.6) is 17.2 Å². The van der Waals surface area contributed by atoms with Crippen LogP contribution in [0.3, 0.4) is 0 Å². The first kappa shape index (κ1) is 21.0. The van der Waals surface area contributed by atoms with Gasteiger partial charge in [0.25, 0.3) is 5.91 Å². The van der Waals surface area contributed by atoms with Crippen molar-refractivity contribution in [3.05, 3.63) is 53.8 Å². The van der Waals surface area contributed by atoms with Crippen LogP contribution in [0.15, 0.2) is 42.5 Å². The number of hydrogen-bond donors (Lipinski definition) is 1. The minimum atomic E-state index is -0.941. The van der Waals surface area contributed by atoms with Gasteiger partial charge in [-0.05, 0) is 48.9 Å². The van der Waals surface area contributed by atoms with Crippen molar-refractivity contribution in [1.82, 2.24) is 5.32 Å². The van der Waals surface area contributed by atoms with Gasteiger partial charge in [0.15, 0.2) is 24.2 Å². The molecule has 1 atom stereocenters. The summed E-state index contributed by atoms with van der Waals surface area (Å²) in [6.45, 7) is 1.27. The van der Waals surface area contributed by atoms with E-state index < -0.39 is 30.4 Å². The summed E-state index contributed by atoms with van der Waals surface area (Å²) in [5.41, 5.74) is 0.797. The Morgan fingerprint density at radius 1 is 1.04 bits per heavy atom. The van der Waals surface area contributed by atoms with E-state index in [0.717, 1.165) is 5.56 Å². The molecule has 0 heterocycles. The summed E-state index contributed by atoms with van der Waals surface area (Å²) in [7, 11) is 3.06. The van der Waals surface area contributed by atoms with Gasteiger partial charge in [-0.2, -0.15) is 0 Å². The maximum absolute atomic E-state index is 12.9. The average Bonchev–Trinajstić information content (AvgIpc) is 2.71. The van der Waals surface area contributed by atoms with Crippen LogP contribution in [-0.4, -0.2) is 38.8 Å². The number of rotatable bonds is 9. The van der Waals surface area contributed by atoms with Crippen LogP contribution in [-0.2, 0) is 20.9 Å². The van der Waals surface area contributed by atoms with E-state index in [2.05, 4.69) is 5.32 Å². The molecule has 0 saturated heterocycles. The zero-order valence-electron chi connectivity index (χ0n) is 15.9. The van der Waals surface area contributed by atoms with Crippen LogP contribution < -0.4 is 19.5 Å². The number of carbonyl (C=O) groups is 2. The van der Waals surface area contributed by atoms with Gasteiger partial charge in [-0.3, -0.25) is 4.79 Å². The Balaban J connectivity index is 1.77. The maximum Gasteiger partial charge on any atom is 0.347 e. The minimum Gasteiger partial charge on any atom is -0.493 e. The Labute approximate surface area is 162 Å². The molecule has 0 saturated carbocycles. The second-order valence-electron chi connectivity index (χ2n) is 5.79. The lowest BCUT2D eigenvalue weighted by molar-refractivity contribution is -0.154. The van der Waals surface area contributed by atoms with Gasteiger partial charge in [-0.25, -0.2) is 9.18 Å². The third-order valence-corrected chi connectivity index (χ3v) is 3.74. The van der Waals surface area contributed by atoms with Crippen molar-refractivity contribution < 1.29 is 32.9 Å². The number of carbonyl (C=O) groups excluding carboxylic acids is 2. The van der Waals surface area contributed by atoms with E-state index in [1.54, 1.807) is 18.2 Å². The molecular weight excluding hydrogens is 369 g/mol. The second kappa shape index (κ2) is 10.1. The summed E-state index contributed by atoms with van der Waals surface area (Å²) in [5.74, 6) is -0.116. The Morgan fingerprint density at radius 3 is 2.36 bits per heavy atom. The van der Waals surface area contributed by atoms with Gasteiger partial charge in [0.2, 0.25) is 0 Å². The Bertz CT molecular complexity index is 809. The monoisotopic (exact) mass is 391 g/mol. The van der Waals surface area contributed by atoms with Crippen molar-refractivity contribution in [2.24, 2.45) is 0 Å². The largest absolute Gasteiger partial charge is 0.493 e. The molecule has 0 spiro atoms. The van der Waals surface area contributed by atoms with Gasteiger partial charge in [-0.1, -0.05) is 6.07 Å². The highest BCUT2D eigenvalue weighted by Gasteiger charge is 2.18. The predicted molar refractivity (Wildman–Crippen MR) is 98.8 cm³/mol. The topological polar surface area (TPSA) is 83.1 Å². The van der Waals surface area contributed by atoms with Crippen LogP contribution in [0.1, 0.15) is 12.5 Å². The molecule has 28 heavy (non-hydrogen) atoms. The molecule has 2 aromatic rings. The highest BCUT2D eigenvalue weighted by atomic mass is 19.1. The lowest BCUT2D eigenvalue weighted by Gasteiger charge is -2.14. The highest BCUT2D eigenvalue weighted by Crippen LogP contribution is 2.27. The second-order valence-corrected chi connectivity index (χ2v) is 5.79. The molecule has 0 radical (unpaired) electrons. The summed E-state index contributed by atoms with van der Waals surface area (Å²) in [5, 5.41) is 2.64. The minimum absolute atomic E-state index is 0.234. The molecule has 0 fully saturated rings. The number of nitrogens with one attached hydrogen (secondary N) is 1. The van der Waals surface area contributed by atoms with Gasteiger partial charge >= 0.3 is 5.97 Å². The third kappa shape index (κ3) is 6.15. The smallest absolute Gasteiger partial charge is 0.347 e. The molecule has 0 unspecified atom stereocenters. The first-order valence-corrected chi connectivity index (χ1v) is 8.49. The fourth-order valence-electron chi connectivity index (χ4n) is 2.26. The molecule has 7 nitrogen and oxygen atoms in total. The molecule has 150 valence electrons. The summed E-state index contributed by atoms with van der Waals surface area (Å²) in [6.07, 6.45) is -0.941. The molecule has 2 rings (SSSR count). The predicted octanol–water partition coefficient (Wildman–Crippen LogP) is 2.47.